The highest BCUT2D eigenvalue weighted by molar-refractivity contribution is 6.31. The van der Waals surface area contributed by atoms with Crippen molar-refractivity contribution in [3.05, 3.63) is 99.2 Å². The minimum Gasteiger partial charge on any atom is -0.366 e. The number of halogens is 4. The highest BCUT2D eigenvalue weighted by Crippen LogP contribution is 2.38. The topological polar surface area (TPSA) is 24.9 Å². The SMILES string of the molecule is Cc1cc(/C=C/C(c2cc(C)c(C)c(Cl)c2)C(F)(F)F)ccc1CNc1ccccn1. The summed E-state index contributed by atoms with van der Waals surface area (Å²) >= 11 is 6.14. The van der Waals surface area contributed by atoms with Crippen LogP contribution in [0.4, 0.5) is 19.0 Å². The Balaban J connectivity index is 1.80. The number of alkyl halides is 3. The number of hydrogen-bond donors (Lipinski definition) is 1. The molecule has 0 amide bonds. The number of benzene rings is 2. The van der Waals surface area contributed by atoms with Crippen molar-refractivity contribution in [2.75, 3.05) is 5.32 Å². The summed E-state index contributed by atoms with van der Waals surface area (Å²) in [4.78, 5) is 4.22. The molecule has 1 atom stereocenters. The van der Waals surface area contributed by atoms with Crippen molar-refractivity contribution in [3.8, 4) is 0 Å². The summed E-state index contributed by atoms with van der Waals surface area (Å²) in [7, 11) is 0. The maximum atomic E-state index is 13.8. The maximum Gasteiger partial charge on any atom is 0.399 e. The predicted octanol–water partition coefficient (Wildman–Crippen LogP) is 7.63. The van der Waals surface area contributed by atoms with E-state index in [1.165, 1.54) is 18.2 Å². The lowest BCUT2D eigenvalue weighted by Crippen LogP contribution is -2.19. The van der Waals surface area contributed by atoms with Crippen molar-refractivity contribution in [1.29, 1.82) is 0 Å². The van der Waals surface area contributed by atoms with Crippen LogP contribution in [0.5, 0.6) is 0 Å². The molecule has 1 heterocycles. The van der Waals surface area contributed by atoms with Crippen molar-refractivity contribution in [1.82, 2.24) is 4.98 Å². The summed E-state index contributed by atoms with van der Waals surface area (Å²) in [5, 5.41) is 3.58. The van der Waals surface area contributed by atoms with Crippen LogP contribution in [0.15, 0.2) is 60.8 Å². The van der Waals surface area contributed by atoms with Gasteiger partial charge in [0.2, 0.25) is 0 Å². The zero-order valence-electron chi connectivity index (χ0n) is 17.6. The lowest BCUT2D eigenvalue weighted by atomic mass is 9.93. The number of pyridine rings is 1. The molecular weight excluding hydrogens is 421 g/mol. The number of anilines is 1. The standard InChI is InChI=1S/C25H24ClF3N2/c1-16-13-21(14-23(26)18(16)3)22(25(27,28)29)10-8-19-7-9-20(17(2)12-19)15-31-24-6-4-5-11-30-24/h4-14,22H,15H2,1-3H3,(H,30,31)/b10-8+. The monoisotopic (exact) mass is 444 g/mol. The molecule has 3 rings (SSSR count). The molecule has 6 heteroatoms. The normalized spacial score (nSPS) is 12.9. The second-order valence-corrected chi connectivity index (χ2v) is 7.98. The second kappa shape index (κ2) is 9.56. The lowest BCUT2D eigenvalue weighted by Gasteiger charge is -2.19. The zero-order valence-corrected chi connectivity index (χ0v) is 18.4. The van der Waals surface area contributed by atoms with Gasteiger partial charge in [0.25, 0.3) is 0 Å². The first-order valence-electron chi connectivity index (χ1n) is 9.91. The summed E-state index contributed by atoms with van der Waals surface area (Å²) in [5.74, 6) is -0.957. The summed E-state index contributed by atoms with van der Waals surface area (Å²) in [6.07, 6.45) is 0.0111. The third-order valence-electron chi connectivity index (χ3n) is 5.31. The maximum absolute atomic E-state index is 13.8. The zero-order chi connectivity index (χ0) is 22.6. The number of hydrogen-bond acceptors (Lipinski definition) is 2. The number of aromatic nitrogens is 1. The van der Waals surface area contributed by atoms with Gasteiger partial charge in [-0.15, -0.1) is 0 Å². The van der Waals surface area contributed by atoms with Crippen molar-refractivity contribution in [2.24, 2.45) is 0 Å². The molecule has 162 valence electrons. The number of aryl methyl sites for hydroxylation is 2. The van der Waals surface area contributed by atoms with Crippen LogP contribution >= 0.6 is 11.6 Å². The van der Waals surface area contributed by atoms with Crippen LogP contribution in [0.1, 0.15) is 39.3 Å². The van der Waals surface area contributed by atoms with Gasteiger partial charge in [-0.25, -0.2) is 4.98 Å². The molecule has 0 aliphatic carbocycles. The first-order chi connectivity index (χ1) is 14.6. The lowest BCUT2D eigenvalue weighted by molar-refractivity contribution is -0.139. The van der Waals surface area contributed by atoms with Crippen molar-refractivity contribution in [2.45, 2.75) is 39.4 Å². The molecular formula is C25H24ClF3N2. The first kappa shape index (κ1) is 22.9. The minimum atomic E-state index is -4.41. The average Bonchev–Trinajstić information content (AvgIpc) is 2.71. The number of nitrogens with zero attached hydrogens (tertiary/aromatic N) is 1. The molecule has 0 saturated carbocycles. The smallest absolute Gasteiger partial charge is 0.366 e. The predicted molar refractivity (Wildman–Crippen MR) is 121 cm³/mol. The molecule has 2 aromatic carbocycles. The molecule has 0 aliphatic heterocycles. The molecule has 0 fully saturated rings. The van der Waals surface area contributed by atoms with Gasteiger partial charge in [-0.05, 0) is 72.4 Å². The van der Waals surface area contributed by atoms with Crippen LogP contribution in [0.2, 0.25) is 5.02 Å². The van der Waals surface area contributed by atoms with Gasteiger partial charge >= 0.3 is 6.18 Å². The van der Waals surface area contributed by atoms with Crippen LogP contribution in [0.3, 0.4) is 0 Å². The molecule has 0 radical (unpaired) electrons. The quantitative estimate of drug-likeness (QED) is 0.422. The summed E-state index contributed by atoms with van der Waals surface area (Å²) in [6.45, 7) is 6.09. The van der Waals surface area contributed by atoms with Gasteiger partial charge in [0.1, 0.15) is 5.82 Å². The average molecular weight is 445 g/mol. The Bertz CT molecular complexity index is 1050. The van der Waals surface area contributed by atoms with Gasteiger partial charge in [-0.1, -0.05) is 54.1 Å². The van der Waals surface area contributed by atoms with Crippen LogP contribution in [0.25, 0.3) is 6.08 Å². The Labute approximate surface area is 185 Å². The second-order valence-electron chi connectivity index (χ2n) is 7.58. The van der Waals surface area contributed by atoms with E-state index in [1.807, 2.05) is 43.3 Å². The highest BCUT2D eigenvalue weighted by atomic mass is 35.5. The van der Waals surface area contributed by atoms with Gasteiger partial charge in [0, 0.05) is 17.8 Å². The number of nitrogens with one attached hydrogen (secondary N) is 1. The van der Waals surface area contributed by atoms with Gasteiger partial charge in [-0.3, -0.25) is 0 Å². The largest absolute Gasteiger partial charge is 0.399 e. The van der Waals surface area contributed by atoms with Crippen molar-refractivity contribution >= 4 is 23.5 Å². The molecule has 1 N–H and O–H groups in total. The van der Waals surface area contributed by atoms with E-state index in [-0.39, 0.29) is 5.56 Å². The fraction of sp³-hybridized carbons (Fsp3) is 0.240. The molecule has 2 nitrogen and oxygen atoms in total. The van der Waals surface area contributed by atoms with Gasteiger partial charge in [-0.2, -0.15) is 13.2 Å². The van der Waals surface area contributed by atoms with Crippen molar-refractivity contribution < 1.29 is 13.2 Å². The molecule has 0 saturated heterocycles. The van der Waals surface area contributed by atoms with Crippen LogP contribution < -0.4 is 5.32 Å². The van der Waals surface area contributed by atoms with E-state index in [9.17, 15) is 13.2 Å². The molecule has 31 heavy (non-hydrogen) atoms. The fourth-order valence-electron chi connectivity index (χ4n) is 3.31. The summed E-state index contributed by atoms with van der Waals surface area (Å²) in [6, 6.07) is 14.2. The van der Waals surface area contributed by atoms with Gasteiger partial charge in [0.15, 0.2) is 0 Å². The summed E-state index contributed by atoms with van der Waals surface area (Å²) < 4.78 is 41.3. The minimum absolute atomic E-state index is 0.143. The molecule has 1 aromatic heterocycles. The molecule has 0 aliphatic rings. The van der Waals surface area contributed by atoms with Gasteiger partial charge < -0.3 is 5.32 Å². The van der Waals surface area contributed by atoms with E-state index in [1.54, 1.807) is 26.1 Å². The third kappa shape index (κ3) is 5.88. The van der Waals surface area contributed by atoms with E-state index in [2.05, 4.69) is 10.3 Å². The molecule has 0 spiro atoms. The van der Waals surface area contributed by atoms with E-state index in [4.69, 9.17) is 11.6 Å². The Morgan fingerprint density at radius 3 is 2.42 bits per heavy atom. The highest BCUT2D eigenvalue weighted by Gasteiger charge is 2.39. The Kier molecular flexibility index (Phi) is 7.06. The Hall–Kier alpha value is -2.79. The molecule has 3 aromatic rings. The number of allylic oxidation sites excluding steroid dienone is 1. The Morgan fingerprint density at radius 1 is 1.03 bits per heavy atom. The van der Waals surface area contributed by atoms with E-state index >= 15 is 0 Å². The molecule has 0 bridgehead atoms. The Morgan fingerprint density at radius 2 is 1.81 bits per heavy atom. The third-order valence-corrected chi connectivity index (χ3v) is 5.70. The van der Waals surface area contributed by atoms with Crippen molar-refractivity contribution in [3.63, 3.8) is 0 Å². The van der Waals surface area contributed by atoms with Crippen LogP contribution in [-0.4, -0.2) is 11.2 Å². The van der Waals surface area contributed by atoms with E-state index in [0.29, 0.717) is 17.1 Å². The van der Waals surface area contributed by atoms with Gasteiger partial charge in [0.05, 0.1) is 5.92 Å². The van der Waals surface area contributed by atoms with E-state index < -0.39 is 12.1 Å². The number of rotatable bonds is 6. The summed E-state index contributed by atoms with van der Waals surface area (Å²) in [5.41, 5.74) is 4.43. The van der Waals surface area contributed by atoms with Crippen LogP contribution in [-0.2, 0) is 6.54 Å². The molecule has 1 unspecified atom stereocenters. The van der Waals surface area contributed by atoms with E-state index in [0.717, 1.165) is 28.1 Å². The fourth-order valence-corrected chi connectivity index (χ4v) is 3.59. The first-order valence-corrected chi connectivity index (χ1v) is 10.3. The van der Waals surface area contributed by atoms with Crippen LogP contribution in [0, 0.1) is 20.8 Å².